The van der Waals surface area contributed by atoms with Crippen LogP contribution in [0, 0.1) is 29.6 Å². The van der Waals surface area contributed by atoms with E-state index >= 15 is 0 Å². The zero-order chi connectivity index (χ0) is 14.0. The smallest absolute Gasteiger partial charge is 0.142 e. The summed E-state index contributed by atoms with van der Waals surface area (Å²) in [6.45, 7) is 2.04. The third-order valence-electron chi connectivity index (χ3n) is 5.95. The predicted molar refractivity (Wildman–Crippen MR) is 77.6 cm³/mol. The highest BCUT2D eigenvalue weighted by Gasteiger charge is 2.66. The Labute approximate surface area is 124 Å². The topological polar surface area (TPSA) is 34.9 Å². The molecule has 4 heteroatoms. The minimum Gasteiger partial charge on any atom is -0.299 e. The predicted octanol–water partition coefficient (Wildman–Crippen LogP) is 3.04. The second kappa shape index (κ2) is 4.33. The van der Waals surface area contributed by atoms with E-state index in [1.807, 2.05) is 14.0 Å². The summed E-state index contributed by atoms with van der Waals surface area (Å²) in [4.78, 5) is 12.6. The number of aromatic nitrogens is 2. The van der Waals surface area contributed by atoms with Gasteiger partial charge >= 0.3 is 0 Å². The van der Waals surface area contributed by atoms with E-state index < -0.39 is 0 Å². The van der Waals surface area contributed by atoms with E-state index in [9.17, 15) is 4.79 Å². The van der Waals surface area contributed by atoms with Crippen LogP contribution in [0.1, 0.15) is 37.6 Å². The first-order chi connectivity index (χ1) is 9.61. The Morgan fingerprint density at radius 2 is 2.00 bits per heavy atom. The van der Waals surface area contributed by atoms with E-state index in [-0.39, 0.29) is 0 Å². The maximum absolute atomic E-state index is 12.6. The van der Waals surface area contributed by atoms with E-state index in [4.69, 9.17) is 11.6 Å². The van der Waals surface area contributed by atoms with Gasteiger partial charge in [0.05, 0.1) is 22.8 Å². The minimum absolute atomic E-state index is 0.345. The molecule has 2 bridgehead atoms. The van der Waals surface area contributed by atoms with Crippen molar-refractivity contribution in [2.45, 2.75) is 39.0 Å². The van der Waals surface area contributed by atoms with Crippen LogP contribution in [0.15, 0.2) is 0 Å². The monoisotopic (exact) mass is 292 g/mol. The average molecular weight is 293 g/mol. The lowest BCUT2D eigenvalue weighted by Gasteiger charge is -2.08. The Morgan fingerprint density at radius 3 is 2.55 bits per heavy atom. The number of fused-ring (bicyclic) bond motifs is 5. The summed E-state index contributed by atoms with van der Waals surface area (Å²) in [6.07, 6.45) is 5.41. The van der Waals surface area contributed by atoms with Crippen LogP contribution in [0.4, 0.5) is 0 Å². The summed E-state index contributed by atoms with van der Waals surface area (Å²) in [6, 6.07) is 0. The van der Waals surface area contributed by atoms with Crippen LogP contribution in [-0.4, -0.2) is 15.6 Å². The van der Waals surface area contributed by atoms with Crippen molar-refractivity contribution in [2.75, 3.05) is 0 Å². The van der Waals surface area contributed by atoms with Crippen LogP contribution in [-0.2, 0) is 24.7 Å². The van der Waals surface area contributed by atoms with Gasteiger partial charge in [0, 0.05) is 13.0 Å². The number of rotatable bonds is 4. The zero-order valence-corrected chi connectivity index (χ0v) is 12.9. The molecule has 0 N–H and O–H groups in total. The largest absolute Gasteiger partial charge is 0.299 e. The maximum Gasteiger partial charge on any atom is 0.142 e. The number of carbonyl (C=O) groups is 1. The number of hydrogen-bond donors (Lipinski definition) is 0. The van der Waals surface area contributed by atoms with Crippen LogP contribution in [0.2, 0.25) is 5.02 Å². The summed E-state index contributed by atoms with van der Waals surface area (Å²) in [5.74, 6) is 3.90. The second-order valence-electron chi connectivity index (χ2n) is 6.84. The first-order valence-corrected chi connectivity index (χ1v) is 8.22. The molecule has 20 heavy (non-hydrogen) atoms. The molecule has 3 aliphatic rings. The van der Waals surface area contributed by atoms with Crippen molar-refractivity contribution in [1.82, 2.24) is 9.78 Å². The Hall–Kier alpha value is -0.830. The molecule has 4 atom stereocenters. The van der Waals surface area contributed by atoms with E-state index in [1.54, 1.807) is 4.68 Å². The fourth-order valence-electron chi connectivity index (χ4n) is 5.05. The van der Waals surface area contributed by atoms with Crippen molar-refractivity contribution in [3.63, 3.8) is 0 Å². The number of nitrogens with zero attached hydrogens (tertiary/aromatic N) is 2. The van der Waals surface area contributed by atoms with E-state index in [0.29, 0.717) is 23.1 Å². The van der Waals surface area contributed by atoms with Gasteiger partial charge in [0.1, 0.15) is 5.78 Å². The van der Waals surface area contributed by atoms with Gasteiger partial charge < -0.3 is 0 Å². The Morgan fingerprint density at radius 1 is 1.35 bits per heavy atom. The average Bonchev–Trinajstić information content (AvgIpc) is 2.72. The summed E-state index contributed by atoms with van der Waals surface area (Å²) in [5, 5.41) is 5.11. The van der Waals surface area contributed by atoms with Gasteiger partial charge in [0.2, 0.25) is 0 Å². The summed E-state index contributed by atoms with van der Waals surface area (Å²) < 4.78 is 1.80. The molecule has 1 aromatic heterocycles. The third kappa shape index (κ3) is 1.65. The lowest BCUT2D eigenvalue weighted by molar-refractivity contribution is -0.120. The molecule has 0 aliphatic heterocycles. The number of halogens is 1. The molecular weight excluding hydrogens is 272 g/mol. The molecule has 0 radical (unpaired) electrons. The molecule has 1 heterocycles. The standard InChI is InChI=1S/C16H21ClN2O/c1-3-10-16(17)11(19(2)18-10)7-12(20)15-13-8-4-5-9(6-8)14(13)15/h8-9,13-15H,3-7H2,1-2H3. The highest BCUT2D eigenvalue weighted by atomic mass is 35.5. The number of aryl methyl sites for hydroxylation is 2. The molecule has 0 amide bonds. The van der Waals surface area contributed by atoms with Crippen LogP contribution < -0.4 is 0 Å². The lowest BCUT2D eigenvalue weighted by Crippen LogP contribution is -2.14. The number of carbonyl (C=O) groups excluding carboxylic acids is 1. The summed E-state index contributed by atoms with van der Waals surface area (Å²) in [5.41, 5.74) is 1.82. The van der Waals surface area contributed by atoms with Gasteiger partial charge in [-0.15, -0.1) is 0 Å². The van der Waals surface area contributed by atoms with E-state index in [0.717, 1.165) is 41.5 Å². The van der Waals surface area contributed by atoms with Gasteiger partial charge in [-0.05, 0) is 49.4 Å². The molecule has 108 valence electrons. The maximum atomic E-state index is 12.6. The van der Waals surface area contributed by atoms with E-state index in [2.05, 4.69) is 5.10 Å². The van der Waals surface area contributed by atoms with Gasteiger partial charge in [-0.3, -0.25) is 9.48 Å². The second-order valence-corrected chi connectivity index (χ2v) is 7.22. The van der Waals surface area contributed by atoms with Crippen molar-refractivity contribution in [1.29, 1.82) is 0 Å². The SMILES string of the molecule is CCc1nn(C)c(CC(=O)C2C3C4CCC(C4)C23)c1Cl. The van der Waals surface area contributed by atoms with Crippen molar-refractivity contribution >= 4 is 17.4 Å². The van der Waals surface area contributed by atoms with Crippen LogP contribution in [0.25, 0.3) is 0 Å². The molecule has 3 fully saturated rings. The van der Waals surface area contributed by atoms with Crippen LogP contribution in [0.5, 0.6) is 0 Å². The van der Waals surface area contributed by atoms with Crippen LogP contribution in [0.3, 0.4) is 0 Å². The van der Waals surface area contributed by atoms with E-state index in [1.165, 1.54) is 19.3 Å². The van der Waals surface area contributed by atoms with Gasteiger partial charge in [-0.2, -0.15) is 5.10 Å². The first kappa shape index (κ1) is 12.9. The van der Waals surface area contributed by atoms with Crippen molar-refractivity contribution in [3.05, 3.63) is 16.4 Å². The fraction of sp³-hybridized carbons (Fsp3) is 0.750. The van der Waals surface area contributed by atoms with Gasteiger partial charge in [0.15, 0.2) is 0 Å². The highest BCUT2D eigenvalue weighted by molar-refractivity contribution is 6.32. The molecule has 4 rings (SSSR count). The molecule has 3 nitrogen and oxygen atoms in total. The molecule has 0 saturated heterocycles. The lowest BCUT2D eigenvalue weighted by atomic mass is 9.97. The van der Waals surface area contributed by atoms with Crippen molar-refractivity contribution in [3.8, 4) is 0 Å². The van der Waals surface area contributed by atoms with Crippen LogP contribution >= 0.6 is 11.6 Å². The molecule has 0 spiro atoms. The number of hydrogen-bond acceptors (Lipinski definition) is 2. The Bertz CT molecular complexity index is 563. The van der Waals surface area contributed by atoms with Gasteiger partial charge in [-0.25, -0.2) is 0 Å². The molecule has 4 unspecified atom stereocenters. The van der Waals surface area contributed by atoms with Gasteiger partial charge in [0.25, 0.3) is 0 Å². The van der Waals surface area contributed by atoms with Crippen molar-refractivity contribution < 1.29 is 4.79 Å². The molecular formula is C16H21ClN2O. The minimum atomic E-state index is 0.345. The molecule has 3 saturated carbocycles. The van der Waals surface area contributed by atoms with Gasteiger partial charge in [-0.1, -0.05) is 18.5 Å². The van der Waals surface area contributed by atoms with Crippen molar-refractivity contribution in [2.24, 2.45) is 36.6 Å². The first-order valence-electron chi connectivity index (χ1n) is 7.84. The molecule has 3 aliphatic carbocycles. The zero-order valence-electron chi connectivity index (χ0n) is 12.1. The normalized spacial score (nSPS) is 37.2. The highest BCUT2D eigenvalue weighted by Crippen LogP contribution is 2.69. The Kier molecular flexibility index (Phi) is 2.79. The summed E-state index contributed by atoms with van der Waals surface area (Å²) in [7, 11) is 1.89. The molecule has 1 aromatic rings. The number of Topliss-reactive ketones (excluding diaryl/α,β-unsaturated/α-hetero) is 1. The molecule has 0 aromatic carbocycles. The third-order valence-corrected chi connectivity index (χ3v) is 6.39. The summed E-state index contributed by atoms with van der Waals surface area (Å²) >= 11 is 6.35. The fourth-order valence-corrected chi connectivity index (χ4v) is 5.41. The number of ketones is 1. The Balaban J connectivity index is 1.51. The quantitative estimate of drug-likeness (QED) is 0.855.